The van der Waals surface area contributed by atoms with Gasteiger partial charge < -0.3 is 12.3 Å². The lowest BCUT2D eigenvalue weighted by molar-refractivity contribution is 0.251. The molecular formula is C24H60O3PSi4+. The molecule has 0 fully saturated rings. The monoisotopic (exact) mass is 539 g/mol. The van der Waals surface area contributed by atoms with Crippen LogP contribution >= 0.6 is 7.26 Å². The summed E-state index contributed by atoms with van der Waals surface area (Å²) in [5, 5.41) is 0. The molecule has 0 aliphatic heterocycles. The van der Waals surface area contributed by atoms with Gasteiger partial charge in [-0.15, -0.1) is 0 Å². The molecule has 0 radical (unpaired) electrons. The van der Waals surface area contributed by atoms with Gasteiger partial charge in [0.25, 0.3) is 0 Å². The van der Waals surface area contributed by atoms with Crippen LogP contribution in [0.2, 0.25) is 65.0 Å². The third kappa shape index (κ3) is 16.0. The molecule has 0 saturated heterocycles. The molecule has 0 aromatic carbocycles. The first-order valence-corrected chi connectivity index (χ1v) is 28.2. The molecule has 0 aliphatic rings. The van der Waals surface area contributed by atoms with Crippen LogP contribution in [0.1, 0.15) is 65.7 Å². The summed E-state index contributed by atoms with van der Waals surface area (Å²) in [6, 6.07) is 1.03. The zero-order valence-electron chi connectivity index (χ0n) is 24.2. The lowest BCUT2D eigenvalue weighted by Gasteiger charge is -2.43. The molecule has 0 saturated carbocycles. The Labute approximate surface area is 208 Å². The topological polar surface area (TPSA) is 27.7 Å². The van der Waals surface area contributed by atoms with E-state index < -0.39 is 41.0 Å². The second-order valence-electron chi connectivity index (χ2n) is 12.7. The van der Waals surface area contributed by atoms with Gasteiger partial charge in [-0.25, -0.2) is 0 Å². The summed E-state index contributed by atoms with van der Waals surface area (Å²) in [4.78, 5) is 0. The van der Waals surface area contributed by atoms with Gasteiger partial charge in [-0.2, -0.15) is 0 Å². The van der Waals surface area contributed by atoms with Crippen LogP contribution in [0.15, 0.2) is 0 Å². The van der Waals surface area contributed by atoms with Gasteiger partial charge in [0.05, 0.1) is 24.6 Å². The highest BCUT2D eigenvalue weighted by Gasteiger charge is 2.50. The molecule has 32 heavy (non-hydrogen) atoms. The van der Waals surface area contributed by atoms with Gasteiger partial charge in [0.2, 0.25) is 0 Å². The van der Waals surface area contributed by atoms with Crippen LogP contribution in [-0.4, -0.2) is 58.4 Å². The molecule has 3 nitrogen and oxygen atoms in total. The van der Waals surface area contributed by atoms with Crippen LogP contribution in [0.25, 0.3) is 0 Å². The van der Waals surface area contributed by atoms with E-state index in [2.05, 4.69) is 79.7 Å². The minimum absolute atomic E-state index is 0.896. The average Bonchev–Trinajstić information content (AvgIpc) is 2.58. The van der Waals surface area contributed by atoms with Gasteiger partial charge in [0.15, 0.2) is 25.0 Å². The quantitative estimate of drug-likeness (QED) is 0.121. The highest BCUT2D eigenvalue weighted by atomic mass is 31.2. The highest BCUT2D eigenvalue weighted by molar-refractivity contribution is 7.75. The Kier molecular flexibility index (Phi) is 15.2. The zero-order valence-corrected chi connectivity index (χ0v) is 29.1. The van der Waals surface area contributed by atoms with E-state index in [-0.39, 0.29) is 0 Å². The fourth-order valence-electron chi connectivity index (χ4n) is 4.40. The molecule has 0 spiro atoms. The third-order valence-electron chi connectivity index (χ3n) is 5.46. The van der Waals surface area contributed by atoms with E-state index in [1.807, 2.05) is 0 Å². The summed E-state index contributed by atoms with van der Waals surface area (Å²) in [5.41, 5.74) is 0. The smallest absolute Gasteiger partial charge is 0.417 e. The van der Waals surface area contributed by atoms with Crippen LogP contribution in [-0.2, 0) is 12.3 Å². The number of hydrogen-bond donors (Lipinski definition) is 0. The average molecular weight is 540 g/mol. The van der Waals surface area contributed by atoms with Crippen molar-refractivity contribution in [2.45, 2.75) is 131 Å². The van der Waals surface area contributed by atoms with Crippen LogP contribution in [0.4, 0.5) is 0 Å². The molecule has 0 aromatic rings. The Hall–Kier alpha value is 1.18. The fourth-order valence-corrected chi connectivity index (χ4v) is 24.5. The van der Waals surface area contributed by atoms with Crippen molar-refractivity contribution in [3.05, 3.63) is 0 Å². The molecule has 0 unspecified atom stereocenters. The van der Waals surface area contributed by atoms with Crippen molar-refractivity contribution in [2.75, 3.05) is 24.6 Å². The Morgan fingerprint density at radius 2 is 0.750 bits per heavy atom. The maximum absolute atomic E-state index is 6.95. The largest absolute Gasteiger partial charge is 0.469 e. The Bertz CT molecular complexity index is 436. The zero-order chi connectivity index (χ0) is 25.1. The number of rotatable bonds is 19. The van der Waals surface area contributed by atoms with E-state index in [0.717, 1.165) is 6.04 Å². The van der Waals surface area contributed by atoms with E-state index in [4.69, 9.17) is 12.3 Å². The standard InChI is InChI=1S/C24H60O3PSi4/c1-13-16-20-28(21-17-14-2,22-18-15-3)23-19-24-32(25-29(4,5)6,26-30(7,8)9)27-31(10,11)12/h13-24H2,1-12H3/q+1. The van der Waals surface area contributed by atoms with Crippen LogP contribution in [0.3, 0.4) is 0 Å². The predicted molar refractivity (Wildman–Crippen MR) is 160 cm³/mol. The van der Waals surface area contributed by atoms with Crippen molar-refractivity contribution >= 4 is 41.0 Å². The SMILES string of the molecule is CCCC[P+](CCCC)(CCCC)CCC[Si](O[Si](C)(C)C)(O[Si](C)(C)C)O[Si](C)(C)C. The molecule has 0 atom stereocenters. The van der Waals surface area contributed by atoms with Crippen molar-refractivity contribution in [1.29, 1.82) is 0 Å². The molecule has 0 amide bonds. The highest BCUT2D eigenvalue weighted by Crippen LogP contribution is 2.61. The van der Waals surface area contributed by atoms with Crippen molar-refractivity contribution in [3.63, 3.8) is 0 Å². The number of unbranched alkanes of at least 4 members (excludes halogenated alkanes) is 3. The maximum atomic E-state index is 6.95. The molecule has 0 aromatic heterocycles. The minimum atomic E-state index is -2.69. The van der Waals surface area contributed by atoms with Crippen LogP contribution < -0.4 is 0 Å². The second kappa shape index (κ2) is 14.7. The Morgan fingerprint density at radius 3 is 1.00 bits per heavy atom. The van der Waals surface area contributed by atoms with Gasteiger partial charge in [0, 0.05) is 13.3 Å². The lowest BCUT2D eigenvalue weighted by Crippen LogP contribution is -2.60. The summed E-state index contributed by atoms with van der Waals surface area (Å²) in [6.07, 6.45) is 15.4. The van der Waals surface area contributed by atoms with Crippen molar-refractivity contribution in [2.24, 2.45) is 0 Å². The first-order valence-electron chi connectivity index (χ1n) is 13.5. The van der Waals surface area contributed by atoms with Gasteiger partial charge in [-0.05, 0) is 84.6 Å². The normalized spacial score (nSPS) is 14.2. The molecule has 0 N–H and O–H groups in total. The maximum Gasteiger partial charge on any atom is 0.469 e. The van der Waals surface area contributed by atoms with E-state index >= 15 is 0 Å². The van der Waals surface area contributed by atoms with Gasteiger partial charge in [0.1, 0.15) is 0 Å². The summed E-state index contributed by atoms with van der Waals surface area (Å²) >= 11 is 0. The molecule has 194 valence electrons. The Morgan fingerprint density at radius 1 is 0.469 bits per heavy atom. The van der Waals surface area contributed by atoms with Crippen molar-refractivity contribution in [3.8, 4) is 0 Å². The molecule has 0 heterocycles. The fraction of sp³-hybridized carbons (Fsp3) is 1.00. The molecule has 0 aliphatic carbocycles. The van der Waals surface area contributed by atoms with E-state index in [1.165, 1.54) is 69.6 Å². The first-order chi connectivity index (χ1) is 14.5. The van der Waals surface area contributed by atoms with Gasteiger partial charge >= 0.3 is 8.80 Å². The Balaban J connectivity index is 5.81. The predicted octanol–water partition coefficient (Wildman–Crippen LogP) is 9.29. The molecule has 8 heteroatoms. The van der Waals surface area contributed by atoms with Crippen LogP contribution in [0.5, 0.6) is 0 Å². The van der Waals surface area contributed by atoms with Gasteiger partial charge in [-0.1, -0.05) is 40.0 Å². The lowest BCUT2D eigenvalue weighted by atomic mass is 10.4. The molecule has 0 rings (SSSR count). The van der Waals surface area contributed by atoms with E-state index in [1.54, 1.807) is 0 Å². The van der Waals surface area contributed by atoms with Crippen molar-refractivity contribution < 1.29 is 12.3 Å². The van der Waals surface area contributed by atoms with Crippen LogP contribution in [0, 0.1) is 0 Å². The molecule has 0 bridgehead atoms. The van der Waals surface area contributed by atoms with Crippen molar-refractivity contribution in [1.82, 2.24) is 0 Å². The first kappa shape index (κ1) is 33.2. The number of hydrogen-bond acceptors (Lipinski definition) is 3. The molecular weight excluding hydrogens is 480 g/mol. The second-order valence-corrected chi connectivity index (χ2v) is 34.2. The van der Waals surface area contributed by atoms with Gasteiger partial charge in [-0.3, -0.25) is 0 Å². The summed E-state index contributed by atoms with van der Waals surface area (Å²) < 4.78 is 20.9. The minimum Gasteiger partial charge on any atom is -0.417 e. The van der Waals surface area contributed by atoms with E-state index in [9.17, 15) is 0 Å². The summed E-state index contributed by atoms with van der Waals surface area (Å²) in [5.74, 6) is 0. The summed E-state index contributed by atoms with van der Waals surface area (Å²) in [6.45, 7) is 27.8. The van der Waals surface area contributed by atoms with E-state index in [0.29, 0.717) is 0 Å². The summed E-state index contributed by atoms with van der Waals surface area (Å²) in [7, 11) is -8.95. The third-order valence-corrected chi connectivity index (χ3v) is 22.6.